The lowest BCUT2D eigenvalue weighted by molar-refractivity contribution is -0.138. The highest BCUT2D eigenvalue weighted by Crippen LogP contribution is 2.42. The zero-order valence-corrected chi connectivity index (χ0v) is 22.7. The first-order chi connectivity index (χ1) is 19.0. The minimum Gasteiger partial charge on any atom is -0.438 e. The number of nitriles is 1. The van der Waals surface area contributed by atoms with Crippen LogP contribution in [0, 0.1) is 24.2 Å². The number of aromatic nitrogens is 2. The van der Waals surface area contributed by atoms with Crippen LogP contribution in [0.4, 0.5) is 18.9 Å². The van der Waals surface area contributed by atoms with E-state index >= 15 is 0 Å². The van der Waals surface area contributed by atoms with Crippen molar-refractivity contribution in [1.82, 2.24) is 9.55 Å². The molecule has 1 fully saturated rings. The van der Waals surface area contributed by atoms with Crippen LogP contribution in [0.3, 0.4) is 0 Å². The number of anilines is 1. The summed E-state index contributed by atoms with van der Waals surface area (Å²) in [6.07, 6.45) is -0.827. The standard InChI is InChI=1S/C29H27F3N4O3S/c1-3-13-40(37,38)35-20-8-10-22(18(2)14-20)27-24(16-33)23-11-9-21(15-26(23)36(27)17-19-6-7-19)39-28-25(29(30,31)32)5-4-12-34-28/h4-5,8-12,14-15,19,35H,3,6-7,13,17H2,1-2H3. The van der Waals surface area contributed by atoms with Crippen LogP contribution in [0.25, 0.3) is 22.2 Å². The molecule has 0 bridgehead atoms. The monoisotopic (exact) mass is 568 g/mol. The molecule has 1 aliphatic rings. The Balaban J connectivity index is 1.61. The van der Waals surface area contributed by atoms with E-state index in [0.29, 0.717) is 46.7 Å². The number of nitrogens with one attached hydrogen (secondary N) is 1. The zero-order valence-electron chi connectivity index (χ0n) is 21.9. The van der Waals surface area contributed by atoms with Gasteiger partial charge >= 0.3 is 6.18 Å². The van der Waals surface area contributed by atoms with Crippen LogP contribution in [0.15, 0.2) is 54.7 Å². The number of halogens is 3. The molecule has 4 aromatic rings. The molecule has 0 spiro atoms. The Hall–Kier alpha value is -4.04. The van der Waals surface area contributed by atoms with Crippen molar-refractivity contribution in [3.8, 4) is 29.0 Å². The fourth-order valence-electron chi connectivity index (χ4n) is 4.83. The predicted octanol–water partition coefficient (Wildman–Crippen LogP) is 7.26. The van der Waals surface area contributed by atoms with Gasteiger partial charge in [0.2, 0.25) is 15.9 Å². The molecule has 2 heterocycles. The van der Waals surface area contributed by atoms with Crippen molar-refractivity contribution in [3.05, 3.63) is 71.4 Å². The number of sulfonamides is 1. The third-order valence-corrected chi connectivity index (χ3v) is 8.30. The van der Waals surface area contributed by atoms with Crippen molar-refractivity contribution >= 4 is 26.6 Å². The number of pyridine rings is 1. The lowest BCUT2D eigenvalue weighted by atomic mass is 10.0. The molecule has 0 aliphatic heterocycles. The van der Waals surface area contributed by atoms with Gasteiger partial charge in [0.05, 0.1) is 22.5 Å². The van der Waals surface area contributed by atoms with Gasteiger partial charge in [-0.15, -0.1) is 0 Å². The Morgan fingerprint density at radius 3 is 2.60 bits per heavy atom. The van der Waals surface area contributed by atoms with Crippen LogP contribution in [-0.4, -0.2) is 23.7 Å². The molecule has 11 heteroatoms. The summed E-state index contributed by atoms with van der Waals surface area (Å²) in [6, 6.07) is 14.5. The Morgan fingerprint density at radius 2 is 1.95 bits per heavy atom. The maximum Gasteiger partial charge on any atom is 0.421 e. The van der Waals surface area contributed by atoms with Crippen LogP contribution in [0.5, 0.6) is 11.6 Å². The van der Waals surface area contributed by atoms with Gasteiger partial charge in [0, 0.05) is 35.4 Å². The molecular formula is C29H27F3N4O3S. The van der Waals surface area contributed by atoms with E-state index in [2.05, 4.69) is 15.8 Å². The second-order valence-corrected chi connectivity index (χ2v) is 11.8. The van der Waals surface area contributed by atoms with Gasteiger partial charge in [0.15, 0.2) is 0 Å². The van der Waals surface area contributed by atoms with E-state index in [9.17, 15) is 26.9 Å². The van der Waals surface area contributed by atoms with E-state index in [4.69, 9.17) is 4.74 Å². The van der Waals surface area contributed by atoms with E-state index in [-0.39, 0.29) is 11.5 Å². The first-order valence-corrected chi connectivity index (χ1v) is 14.5. The average Bonchev–Trinajstić information content (AvgIpc) is 3.65. The van der Waals surface area contributed by atoms with Gasteiger partial charge in [-0.1, -0.05) is 13.0 Å². The molecule has 7 nitrogen and oxygen atoms in total. The Labute approximate surface area is 230 Å². The number of hydrogen-bond acceptors (Lipinski definition) is 5. The minimum absolute atomic E-state index is 0.00930. The van der Waals surface area contributed by atoms with E-state index in [1.54, 1.807) is 37.3 Å². The number of rotatable bonds is 9. The largest absolute Gasteiger partial charge is 0.438 e. The summed E-state index contributed by atoms with van der Waals surface area (Å²) in [5, 5.41) is 10.9. The number of benzene rings is 2. The molecule has 0 unspecified atom stereocenters. The molecule has 2 aromatic carbocycles. The molecule has 0 atom stereocenters. The molecule has 0 amide bonds. The van der Waals surface area contributed by atoms with E-state index in [1.165, 1.54) is 18.3 Å². The highest BCUT2D eigenvalue weighted by molar-refractivity contribution is 7.92. The molecule has 0 saturated heterocycles. The smallest absolute Gasteiger partial charge is 0.421 e. The highest BCUT2D eigenvalue weighted by atomic mass is 32.2. The second-order valence-electron chi connectivity index (χ2n) is 9.97. The third-order valence-electron chi connectivity index (χ3n) is 6.80. The van der Waals surface area contributed by atoms with Crippen LogP contribution in [-0.2, 0) is 22.7 Å². The molecular weight excluding hydrogens is 541 g/mol. The Bertz CT molecular complexity index is 1740. The molecule has 1 saturated carbocycles. The molecule has 1 N–H and O–H groups in total. The molecule has 0 radical (unpaired) electrons. The first kappa shape index (κ1) is 27.5. The van der Waals surface area contributed by atoms with Crippen molar-refractivity contribution in [2.24, 2.45) is 5.92 Å². The lowest BCUT2D eigenvalue weighted by Gasteiger charge is -2.15. The maximum atomic E-state index is 13.5. The van der Waals surface area contributed by atoms with Crippen LogP contribution < -0.4 is 9.46 Å². The first-order valence-electron chi connectivity index (χ1n) is 12.9. The minimum atomic E-state index is -4.63. The fraction of sp³-hybridized carbons (Fsp3) is 0.310. The number of hydrogen-bond donors (Lipinski definition) is 1. The quantitative estimate of drug-likeness (QED) is 0.229. The van der Waals surface area contributed by atoms with Gasteiger partial charge in [-0.05, 0) is 74.1 Å². The molecule has 208 valence electrons. The van der Waals surface area contributed by atoms with Crippen molar-refractivity contribution in [1.29, 1.82) is 5.26 Å². The van der Waals surface area contributed by atoms with E-state index in [1.807, 2.05) is 11.5 Å². The molecule has 1 aliphatic carbocycles. The maximum absolute atomic E-state index is 13.5. The second kappa shape index (κ2) is 10.5. The van der Waals surface area contributed by atoms with Gasteiger partial charge in [-0.25, -0.2) is 13.4 Å². The van der Waals surface area contributed by atoms with Crippen molar-refractivity contribution in [2.75, 3.05) is 10.5 Å². The highest BCUT2D eigenvalue weighted by Gasteiger charge is 2.35. The van der Waals surface area contributed by atoms with Gasteiger partial charge in [-0.2, -0.15) is 18.4 Å². The Morgan fingerprint density at radius 1 is 1.18 bits per heavy atom. The van der Waals surface area contributed by atoms with E-state index in [0.717, 1.165) is 30.0 Å². The van der Waals surface area contributed by atoms with Crippen LogP contribution in [0.2, 0.25) is 0 Å². The average molecular weight is 569 g/mol. The summed E-state index contributed by atoms with van der Waals surface area (Å²) in [6.45, 7) is 4.26. The topological polar surface area (TPSA) is 97.0 Å². The summed E-state index contributed by atoms with van der Waals surface area (Å²) in [7, 11) is -3.47. The zero-order chi connectivity index (χ0) is 28.7. The van der Waals surface area contributed by atoms with Crippen molar-refractivity contribution in [3.63, 3.8) is 0 Å². The van der Waals surface area contributed by atoms with Crippen molar-refractivity contribution in [2.45, 2.75) is 45.8 Å². The summed E-state index contributed by atoms with van der Waals surface area (Å²) >= 11 is 0. The predicted molar refractivity (Wildman–Crippen MR) is 147 cm³/mol. The van der Waals surface area contributed by atoms with Gasteiger partial charge in [-0.3, -0.25) is 4.72 Å². The summed E-state index contributed by atoms with van der Waals surface area (Å²) in [5.74, 6) is 0.0422. The summed E-state index contributed by atoms with van der Waals surface area (Å²) < 4.78 is 75.3. The van der Waals surface area contributed by atoms with Gasteiger partial charge < -0.3 is 9.30 Å². The van der Waals surface area contributed by atoms with Crippen molar-refractivity contribution < 1.29 is 26.3 Å². The molecule has 40 heavy (non-hydrogen) atoms. The normalized spacial score (nSPS) is 13.8. The number of aryl methyl sites for hydroxylation is 1. The number of nitrogens with zero attached hydrogens (tertiary/aromatic N) is 3. The number of fused-ring (bicyclic) bond motifs is 1. The number of alkyl halides is 3. The molecule has 2 aromatic heterocycles. The lowest BCUT2D eigenvalue weighted by Crippen LogP contribution is -2.16. The van der Waals surface area contributed by atoms with Gasteiger partial charge in [0.25, 0.3) is 0 Å². The summed E-state index contributed by atoms with van der Waals surface area (Å²) in [5.41, 5.74) is 2.75. The number of ether oxygens (including phenoxy) is 1. The van der Waals surface area contributed by atoms with E-state index < -0.39 is 27.6 Å². The SMILES string of the molecule is CCCS(=O)(=O)Nc1ccc(-c2c(C#N)c3ccc(Oc4ncccc4C(F)(F)F)cc3n2CC2CC2)c(C)c1. The van der Waals surface area contributed by atoms with Crippen LogP contribution >= 0.6 is 0 Å². The molecule has 5 rings (SSSR count). The summed E-state index contributed by atoms with van der Waals surface area (Å²) in [4.78, 5) is 3.79. The Kier molecular flexibility index (Phi) is 7.23. The fourth-order valence-corrected chi connectivity index (χ4v) is 5.95. The van der Waals surface area contributed by atoms with Gasteiger partial charge in [0.1, 0.15) is 17.4 Å². The van der Waals surface area contributed by atoms with Crippen LogP contribution in [0.1, 0.15) is 42.9 Å². The third kappa shape index (κ3) is 5.63.